The summed E-state index contributed by atoms with van der Waals surface area (Å²) in [5.41, 5.74) is 11.8. The first kappa shape index (κ1) is 11.0. The van der Waals surface area contributed by atoms with E-state index in [1.54, 1.807) is 6.07 Å². The van der Waals surface area contributed by atoms with Crippen LogP contribution in [0.15, 0.2) is 21.1 Å². The number of nitrogens with two attached hydrogens (primary N) is 2. The molecular formula is C8H10Br2N2O. The monoisotopic (exact) mass is 308 g/mol. The van der Waals surface area contributed by atoms with E-state index >= 15 is 0 Å². The summed E-state index contributed by atoms with van der Waals surface area (Å²) in [6.07, 6.45) is 0. The molecule has 0 amide bonds. The van der Waals surface area contributed by atoms with Gasteiger partial charge in [-0.1, -0.05) is 31.9 Å². The molecule has 5 heteroatoms. The molecule has 0 heterocycles. The molecule has 0 fully saturated rings. The average molecular weight is 310 g/mol. The SMILES string of the molecule is NC[C@H](N)c1c(O)cc(Br)cc1Br. The van der Waals surface area contributed by atoms with Crippen LogP contribution < -0.4 is 11.5 Å². The molecule has 0 spiro atoms. The quantitative estimate of drug-likeness (QED) is 0.781. The van der Waals surface area contributed by atoms with E-state index in [1.165, 1.54) is 0 Å². The van der Waals surface area contributed by atoms with Crippen LogP contribution in [-0.4, -0.2) is 11.7 Å². The molecule has 0 aromatic heterocycles. The first-order valence-corrected chi connectivity index (χ1v) is 5.28. The van der Waals surface area contributed by atoms with Crippen LogP contribution in [0.2, 0.25) is 0 Å². The van der Waals surface area contributed by atoms with Gasteiger partial charge in [0.1, 0.15) is 5.75 Å². The lowest BCUT2D eigenvalue weighted by Gasteiger charge is -2.13. The lowest BCUT2D eigenvalue weighted by Crippen LogP contribution is -2.21. The second-order valence-corrected chi connectivity index (χ2v) is 4.43. The molecule has 0 saturated heterocycles. The average Bonchev–Trinajstić information content (AvgIpc) is 2.02. The van der Waals surface area contributed by atoms with Crippen molar-refractivity contribution in [3.05, 3.63) is 26.6 Å². The lowest BCUT2D eigenvalue weighted by molar-refractivity contribution is 0.461. The summed E-state index contributed by atoms with van der Waals surface area (Å²) in [6.45, 7) is 0.299. The van der Waals surface area contributed by atoms with Gasteiger partial charge in [-0.15, -0.1) is 0 Å². The van der Waals surface area contributed by atoms with Gasteiger partial charge in [0.2, 0.25) is 0 Å². The molecule has 0 aliphatic carbocycles. The summed E-state index contributed by atoms with van der Waals surface area (Å²) in [7, 11) is 0. The van der Waals surface area contributed by atoms with Crippen LogP contribution in [0.25, 0.3) is 0 Å². The molecule has 1 aromatic rings. The normalized spacial score (nSPS) is 12.9. The third-order valence-corrected chi connectivity index (χ3v) is 2.81. The number of rotatable bonds is 2. The van der Waals surface area contributed by atoms with Crippen molar-refractivity contribution in [1.82, 2.24) is 0 Å². The number of phenolic OH excluding ortho intramolecular Hbond substituents is 1. The van der Waals surface area contributed by atoms with Crippen molar-refractivity contribution in [1.29, 1.82) is 0 Å². The number of aromatic hydroxyl groups is 1. The molecule has 1 aromatic carbocycles. The van der Waals surface area contributed by atoms with Crippen molar-refractivity contribution in [2.75, 3.05) is 6.54 Å². The van der Waals surface area contributed by atoms with E-state index in [4.69, 9.17) is 11.5 Å². The van der Waals surface area contributed by atoms with Crippen LogP contribution in [0.3, 0.4) is 0 Å². The Morgan fingerprint density at radius 3 is 2.46 bits per heavy atom. The highest BCUT2D eigenvalue weighted by Gasteiger charge is 2.13. The standard InChI is InChI=1S/C8H10Br2N2O/c9-4-1-5(10)8(6(12)3-11)7(13)2-4/h1-2,6,13H,3,11-12H2/t6-/m0/s1. The molecule has 3 nitrogen and oxygen atoms in total. The first-order chi connectivity index (χ1) is 6.06. The van der Waals surface area contributed by atoms with Crippen LogP contribution in [0.5, 0.6) is 5.75 Å². The van der Waals surface area contributed by atoms with Crippen LogP contribution in [0, 0.1) is 0 Å². The summed E-state index contributed by atoms with van der Waals surface area (Å²) in [4.78, 5) is 0. The smallest absolute Gasteiger partial charge is 0.122 e. The van der Waals surface area contributed by atoms with Crippen LogP contribution in [0.4, 0.5) is 0 Å². The van der Waals surface area contributed by atoms with Crippen molar-refractivity contribution >= 4 is 31.9 Å². The molecule has 0 aliphatic heterocycles. The second kappa shape index (κ2) is 4.41. The lowest BCUT2D eigenvalue weighted by atomic mass is 10.1. The van der Waals surface area contributed by atoms with Gasteiger partial charge in [-0.2, -0.15) is 0 Å². The van der Waals surface area contributed by atoms with Crippen molar-refractivity contribution in [3.8, 4) is 5.75 Å². The van der Waals surface area contributed by atoms with Crippen molar-refractivity contribution < 1.29 is 5.11 Å². The van der Waals surface area contributed by atoms with E-state index < -0.39 is 0 Å². The Morgan fingerprint density at radius 1 is 1.38 bits per heavy atom. The van der Waals surface area contributed by atoms with Crippen molar-refractivity contribution in [3.63, 3.8) is 0 Å². The molecule has 0 unspecified atom stereocenters. The molecule has 1 rings (SSSR count). The molecule has 13 heavy (non-hydrogen) atoms. The zero-order valence-electron chi connectivity index (χ0n) is 6.80. The molecule has 0 radical (unpaired) electrons. The molecular weight excluding hydrogens is 300 g/mol. The van der Waals surface area contributed by atoms with E-state index in [0.29, 0.717) is 12.1 Å². The summed E-state index contributed by atoms with van der Waals surface area (Å²) in [6, 6.07) is 3.07. The van der Waals surface area contributed by atoms with E-state index in [1.807, 2.05) is 6.07 Å². The van der Waals surface area contributed by atoms with E-state index in [0.717, 1.165) is 8.95 Å². The number of hydrogen-bond donors (Lipinski definition) is 3. The van der Waals surface area contributed by atoms with Gasteiger partial charge in [0, 0.05) is 27.1 Å². The van der Waals surface area contributed by atoms with Crippen LogP contribution >= 0.6 is 31.9 Å². The minimum Gasteiger partial charge on any atom is -0.508 e. The second-order valence-electron chi connectivity index (χ2n) is 2.66. The maximum atomic E-state index is 9.58. The van der Waals surface area contributed by atoms with Crippen LogP contribution in [-0.2, 0) is 0 Å². The van der Waals surface area contributed by atoms with Gasteiger partial charge < -0.3 is 16.6 Å². The Hall–Kier alpha value is -0.100. The summed E-state index contributed by atoms with van der Waals surface area (Å²) in [5.74, 6) is 0.152. The molecule has 1 atom stereocenters. The van der Waals surface area contributed by atoms with Gasteiger partial charge in [0.25, 0.3) is 0 Å². The zero-order chi connectivity index (χ0) is 10.0. The van der Waals surface area contributed by atoms with Gasteiger partial charge in [0.05, 0.1) is 0 Å². The fourth-order valence-corrected chi connectivity index (χ4v) is 2.55. The Labute approximate surface area is 93.4 Å². The number of benzene rings is 1. The summed E-state index contributed by atoms with van der Waals surface area (Å²) in [5, 5.41) is 9.58. The molecule has 0 saturated carbocycles. The van der Waals surface area contributed by atoms with Gasteiger partial charge in [-0.05, 0) is 12.1 Å². The minimum absolute atomic E-state index is 0.152. The highest BCUT2D eigenvalue weighted by molar-refractivity contribution is 9.11. The third-order valence-electron chi connectivity index (χ3n) is 1.70. The zero-order valence-corrected chi connectivity index (χ0v) is 9.97. The number of hydrogen-bond acceptors (Lipinski definition) is 3. The number of halogens is 2. The molecule has 0 aliphatic rings. The Kier molecular flexibility index (Phi) is 3.73. The van der Waals surface area contributed by atoms with Gasteiger partial charge in [-0.25, -0.2) is 0 Å². The fourth-order valence-electron chi connectivity index (χ4n) is 1.06. The first-order valence-electron chi connectivity index (χ1n) is 3.69. The predicted octanol–water partition coefficient (Wildman–Crippen LogP) is 1.88. The van der Waals surface area contributed by atoms with Gasteiger partial charge in [0.15, 0.2) is 0 Å². The summed E-state index contributed by atoms with van der Waals surface area (Å²) < 4.78 is 1.56. The Balaban J connectivity index is 3.20. The van der Waals surface area contributed by atoms with E-state index in [-0.39, 0.29) is 11.8 Å². The van der Waals surface area contributed by atoms with Crippen molar-refractivity contribution in [2.45, 2.75) is 6.04 Å². The number of phenols is 1. The minimum atomic E-state index is -0.345. The topological polar surface area (TPSA) is 72.3 Å². The third kappa shape index (κ3) is 2.43. The van der Waals surface area contributed by atoms with Crippen LogP contribution in [0.1, 0.15) is 11.6 Å². The Morgan fingerprint density at radius 2 is 2.00 bits per heavy atom. The molecule has 0 bridgehead atoms. The van der Waals surface area contributed by atoms with Gasteiger partial charge in [-0.3, -0.25) is 0 Å². The highest BCUT2D eigenvalue weighted by atomic mass is 79.9. The molecule has 72 valence electrons. The fraction of sp³-hybridized carbons (Fsp3) is 0.250. The Bertz CT molecular complexity index is 294. The predicted molar refractivity (Wildman–Crippen MR) is 59.5 cm³/mol. The largest absolute Gasteiger partial charge is 0.508 e. The molecule has 5 N–H and O–H groups in total. The van der Waals surface area contributed by atoms with E-state index in [9.17, 15) is 5.11 Å². The van der Waals surface area contributed by atoms with Crippen molar-refractivity contribution in [2.24, 2.45) is 11.5 Å². The van der Waals surface area contributed by atoms with E-state index in [2.05, 4.69) is 31.9 Å². The maximum Gasteiger partial charge on any atom is 0.122 e. The van der Waals surface area contributed by atoms with Gasteiger partial charge >= 0.3 is 0 Å². The highest BCUT2D eigenvalue weighted by Crippen LogP contribution is 2.33. The summed E-state index contributed by atoms with van der Waals surface area (Å²) >= 11 is 6.57. The maximum absolute atomic E-state index is 9.58.